The van der Waals surface area contributed by atoms with Gasteiger partial charge in [-0.25, -0.2) is 0 Å². The van der Waals surface area contributed by atoms with Crippen molar-refractivity contribution in [1.82, 2.24) is 9.88 Å². The normalized spacial score (nSPS) is 12.6. The minimum Gasteiger partial charge on any atom is -0.383 e. The molecular formula is C18H26N2O. The molecule has 21 heavy (non-hydrogen) atoms. The van der Waals surface area contributed by atoms with Gasteiger partial charge in [0.1, 0.15) is 0 Å². The zero-order chi connectivity index (χ0) is 15.2. The Morgan fingerprint density at radius 1 is 1.19 bits per heavy atom. The van der Waals surface area contributed by atoms with Crippen LogP contribution < -0.4 is 5.32 Å². The molecule has 0 bridgehead atoms. The van der Waals surface area contributed by atoms with Gasteiger partial charge in [0.2, 0.25) is 0 Å². The molecule has 0 amide bonds. The number of hydrogen-bond donors (Lipinski definition) is 1. The molecule has 2 aromatic rings. The Morgan fingerprint density at radius 2 is 1.90 bits per heavy atom. The Hall–Kier alpha value is -1.58. The zero-order valence-corrected chi connectivity index (χ0v) is 13.5. The molecule has 114 valence electrons. The first kappa shape index (κ1) is 15.8. The maximum Gasteiger partial charge on any atom is 0.0587 e. The lowest BCUT2D eigenvalue weighted by Gasteiger charge is -2.19. The lowest BCUT2D eigenvalue weighted by Crippen LogP contribution is -2.19. The van der Waals surface area contributed by atoms with Crippen LogP contribution in [0.15, 0.2) is 36.4 Å². The van der Waals surface area contributed by atoms with Gasteiger partial charge in [-0.15, -0.1) is 0 Å². The van der Waals surface area contributed by atoms with Crippen LogP contribution in [0.3, 0.4) is 0 Å². The van der Waals surface area contributed by atoms with E-state index in [9.17, 15) is 0 Å². The minimum absolute atomic E-state index is 0.360. The van der Waals surface area contributed by atoms with Gasteiger partial charge in [0.05, 0.1) is 12.6 Å². The predicted octanol–water partition coefficient (Wildman–Crippen LogP) is 3.45. The quantitative estimate of drug-likeness (QED) is 0.789. The fourth-order valence-corrected chi connectivity index (χ4v) is 2.90. The van der Waals surface area contributed by atoms with E-state index in [1.807, 2.05) is 0 Å². The van der Waals surface area contributed by atoms with Gasteiger partial charge in [-0.3, -0.25) is 0 Å². The van der Waals surface area contributed by atoms with E-state index < -0.39 is 0 Å². The molecule has 1 heterocycles. The lowest BCUT2D eigenvalue weighted by molar-refractivity contribution is 0.199. The number of nitrogens with zero attached hydrogens (tertiary/aromatic N) is 1. The van der Waals surface area contributed by atoms with Crippen molar-refractivity contribution in [3.63, 3.8) is 0 Å². The highest BCUT2D eigenvalue weighted by Gasteiger charge is 2.15. The maximum absolute atomic E-state index is 5.07. The summed E-state index contributed by atoms with van der Waals surface area (Å²) in [7, 11) is 1.73. The molecule has 0 spiro atoms. The van der Waals surface area contributed by atoms with E-state index in [2.05, 4.69) is 67.1 Å². The summed E-state index contributed by atoms with van der Waals surface area (Å²) in [6.45, 7) is 9.18. The van der Waals surface area contributed by atoms with E-state index in [0.717, 1.165) is 19.7 Å². The standard InChI is InChI=1S/C18H26N2O/c1-14-12-18(13-19-10-11-21-4)16(3)20(14)15(2)17-8-6-5-7-9-17/h5-9,12,15,19H,10-11,13H2,1-4H3/t15-/m0/s1. The SMILES string of the molecule is COCCNCc1cc(C)n([C@@H](C)c2ccccc2)c1C. The first-order valence-electron chi connectivity index (χ1n) is 7.57. The van der Waals surface area contributed by atoms with Crippen LogP contribution in [0.4, 0.5) is 0 Å². The minimum atomic E-state index is 0.360. The molecule has 1 atom stereocenters. The van der Waals surface area contributed by atoms with E-state index in [4.69, 9.17) is 4.74 Å². The number of hydrogen-bond acceptors (Lipinski definition) is 2. The van der Waals surface area contributed by atoms with Crippen molar-refractivity contribution in [1.29, 1.82) is 0 Å². The summed E-state index contributed by atoms with van der Waals surface area (Å²) in [6.07, 6.45) is 0. The van der Waals surface area contributed by atoms with Gasteiger partial charge in [0, 0.05) is 31.6 Å². The Labute approximate surface area is 127 Å². The molecule has 0 saturated heterocycles. The molecule has 1 aromatic heterocycles. The summed E-state index contributed by atoms with van der Waals surface area (Å²) in [6, 6.07) is 13.3. The summed E-state index contributed by atoms with van der Waals surface area (Å²) < 4.78 is 7.49. The summed E-state index contributed by atoms with van der Waals surface area (Å²) >= 11 is 0. The number of aromatic nitrogens is 1. The van der Waals surface area contributed by atoms with Crippen LogP contribution in [0.5, 0.6) is 0 Å². The largest absolute Gasteiger partial charge is 0.383 e. The highest BCUT2D eigenvalue weighted by Crippen LogP contribution is 2.25. The van der Waals surface area contributed by atoms with Crippen molar-refractivity contribution >= 4 is 0 Å². The highest BCUT2D eigenvalue weighted by atomic mass is 16.5. The fourth-order valence-electron chi connectivity index (χ4n) is 2.90. The summed E-state index contributed by atoms with van der Waals surface area (Å²) in [5, 5.41) is 3.42. The first-order chi connectivity index (χ1) is 10.1. The molecule has 1 N–H and O–H groups in total. The average molecular weight is 286 g/mol. The van der Waals surface area contributed by atoms with Crippen LogP contribution in [0.1, 0.15) is 35.5 Å². The number of rotatable bonds is 7. The monoisotopic (exact) mass is 286 g/mol. The second-order valence-corrected chi connectivity index (χ2v) is 5.52. The molecule has 0 saturated carbocycles. The van der Waals surface area contributed by atoms with Gasteiger partial charge in [-0.1, -0.05) is 30.3 Å². The number of benzene rings is 1. The average Bonchev–Trinajstić information content (AvgIpc) is 2.78. The van der Waals surface area contributed by atoms with E-state index in [1.165, 1.54) is 22.5 Å². The van der Waals surface area contributed by atoms with Crippen LogP contribution in [0.25, 0.3) is 0 Å². The third-order valence-electron chi connectivity index (χ3n) is 4.06. The number of aryl methyl sites for hydroxylation is 1. The van der Waals surface area contributed by atoms with Crippen LogP contribution in [0.2, 0.25) is 0 Å². The number of methoxy groups -OCH3 is 1. The van der Waals surface area contributed by atoms with Crippen molar-refractivity contribution in [3.05, 3.63) is 58.9 Å². The van der Waals surface area contributed by atoms with E-state index in [0.29, 0.717) is 6.04 Å². The number of ether oxygens (including phenoxy) is 1. The van der Waals surface area contributed by atoms with Crippen molar-refractivity contribution in [2.45, 2.75) is 33.4 Å². The molecule has 0 aliphatic heterocycles. The second kappa shape index (κ2) is 7.43. The Bertz CT molecular complexity index is 560. The molecule has 1 aromatic carbocycles. The van der Waals surface area contributed by atoms with E-state index >= 15 is 0 Å². The Balaban J connectivity index is 2.15. The molecule has 0 unspecified atom stereocenters. The van der Waals surface area contributed by atoms with Crippen molar-refractivity contribution < 1.29 is 4.74 Å². The maximum atomic E-state index is 5.07. The lowest BCUT2D eigenvalue weighted by atomic mass is 10.1. The topological polar surface area (TPSA) is 26.2 Å². The van der Waals surface area contributed by atoms with Crippen molar-refractivity contribution in [2.75, 3.05) is 20.3 Å². The van der Waals surface area contributed by atoms with E-state index in [1.54, 1.807) is 7.11 Å². The molecule has 0 fully saturated rings. The Morgan fingerprint density at radius 3 is 2.57 bits per heavy atom. The van der Waals surface area contributed by atoms with Crippen LogP contribution in [-0.2, 0) is 11.3 Å². The fraction of sp³-hybridized carbons (Fsp3) is 0.444. The van der Waals surface area contributed by atoms with Gasteiger partial charge < -0.3 is 14.6 Å². The van der Waals surface area contributed by atoms with Crippen molar-refractivity contribution in [3.8, 4) is 0 Å². The van der Waals surface area contributed by atoms with Crippen LogP contribution in [0, 0.1) is 13.8 Å². The highest BCUT2D eigenvalue weighted by molar-refractivity contribution is 5.30. The van der Waals surface area contributed by atoms with Crippen LogP contribution in [-0.4, -0.2) is 24.8 Å². The van der Waals surface area contributed by atoms with Gasteiger partial charge in [0.15, 0.2) is 0 Å². The molecular weight excluding hydrogens is 260 g/mol. The molecule has 0 aliphatic carbocycles. The van der Waals surface area contributed by atoms with Gasteiger partial charge in [0.25, 0.3) is 0 Å². The van der Waals surface area contributed by atoms with Gasteiger partial charge >= 0.3 is 0 Å². The molecule has 2 rings (SSSR count). The van der Waals surface area contributed by atoms with Crippen molar-refractivity contribution in [2.24, 2.45) is 0 Å². The smallest absolute Gasteiger partial charge is 0.0587 e. The molecule has 0 aliphatic rings. The molecule has 3 heteroatoms. The van der Waals surface area contributed by atoms with Crippen LogP contribution >= 0.6 is 0 Å². The van der Waals surface area contributed by atoms with Gasteiger partial charge in [-0.05, 0) is 38.0 Å². The van der Waals surface area contributed by atoms with Gasteiger partial charge in [-0.2, -0.15) is 0 Å². The molecule has 0 radical (unpaired) electrons. The summed E-state index contributed by atoms with van der Waals surface area (Å²) in [5.74, 6) is 0. The third kappa shape index (κ3) is 3.74. The third-order valence-corrected chi connectivity index (χ3v) is 4.06. The predicted molar refractivity (Wildman–Crippen MR) is 87.7 cm³/mol. The number of nitrogens with one attached hydrogen (secondary N) is 1. The second-order valence-electron chi connectivity index (χ2n) is 5.52. The summed E-state index contributed by atoms with van der Waals surface area (Å²) in [5.41, 5.74) is 5.37. The summed E-state index contributed by atoms with van der Waals surface area (Å²) in [4.78, 5) is 0. The van der Waals surface area contributed by atoms with E-state index in [-0.39, 0.29) is 0 Å². The first-order valence-corrected chi connectivity index (χ1v) is 7.57. The zero-order valence-electron chi connectivity index (χ0n) is 13.5. The Kier molecular flexibility index (Phi) is 5.59. The molecule has 3 nitrogen and oxygen atoms in total.